The van der Waals surface area contributed by atoms with Crippen LogP contribution in [0.25, 0.3) is 0 Å². The zero-order chi connectivity index (χ0) is 23.5. The van der Waals surface area contributed by atoms with Crippen LogP contribution < -0.4 is 14.8 Å². The largest absolute Gasteiger partial charge is 0.493 e. The Labute approximate surface area is 195 Å². The Kier molecular flexibility index (Phi) is 7.07. The van der Waals surface area contributed by atoms with Crippen molar-refractivity contribution in [1.82, 2.24) is 20.0 Å². The lowest BCUT2D eigenvalue weighted by Crippen LogP contribution is -2.40. The van der Waals surface area contributed by atoms with E-state index in [1.54, 1.807) is 19.1 Å². The number of ether oxygens (including phenoxy) is 2. The van der Waals surface area contributed by atoms with E-state index in [2.05, 4.69) is 17.1 Å². The van der Waals surface area contributed by atoms with Gasteiger partial charge in [0.2, 0.25) is 5.91 Å². The number of nitrogens with one attached hydrogen (secondary N) is 1. The quantitative estimate of drug-likeness (QED) is 0.567. The maximum absolute atomic E-state index is 13.0. The van der Waals surface area contributed by atoms with Gasteiger partial charge in [-0.05, 0) is 55.6 Å². The molecule has 0 unspecified atom stereocenters. The van der Waals surface area contributed by atoms with Crippen LogP contribution in [0, 0.1) is 0 Å². The third-order valence-corrected chi connectivity index (χ3v) is 7.09. The summed E-state index contributed by atoms with van der Waals surface area (Å²) in [5.41, 5.74) is 1.95. The number of nitrogens with zero attached hydrogens (tertiary/aromatic N) is 3. The summed E-state index contributed by atoms with van der Waals surface area (Å²) in [4.78, 5) is 43.5. The van der Waals surface area contributed by atoms with Crippen molar-refractivity contribution in [2.75, 3.05) is 40.4 Å². The van der Waals surface area contributed by atoms with Crippen LogP contribution in [0.15, 0.2) is 12.1 Å². The molecule has 3 aliphatic heterocycles. The first kappa shape index (κ1) is 23.4. The van der Waals surface area contributed by atoms with Gasteiger partial charge in [0.15, 0.2) is 11.5 Å². The summed E-state index contributed by atoms with van der Waals surface area (Å²) in [6.45, 7) is 5.51. The monoisotopic (exact) mass is 458 g/mol. The highest BCUT2D eigenvalue weighted by molar-refractivity contribution is 6.04. The number of benzene rings is 1. The molecule has 0 aliphatic carbocycles. The van der Waals surface area contributed by atoms with Gasteiger partial charge < -0.3 is 19.7 Å². The number of hydrogen-bond acceptors (Lipinski definition) is 6. The predicted molar refractivity (Wildman–Crippen MR) is 122 cm³/mol. The summed E-state index contributed by atoms with van der Waals surface area (Å²) in [6, 6.07) is 3.39. The molecule has 2 fully saturated rings. The molecule has 4 amide bonds. The molecule has 0 radical (unpaired) electrons. The van der Waals surface area contributed by atoms with E-state index < -0.39 is 6.04 Å². The van der Waals surface area contributed by atoms with Gasteiger partial charge in [0.25, 0.3) is 5.91 Å². The highest BCUT2D eigenvalue weighted by atomic mass is 16.5. The molecule has 1 aromatic rings. The first-order chi connectivity index (χ1) is 16.0. The number of hydrogen-bond donors (Lipinski definition) is 1. The van der Waals surface area contributed by atoms with E-state index in [0.29, 0.717) is 49.9 Å². The molecule has 3 aliphatic rings. The molecule has 4 rings (SSSR count). The summed E-state index contributed by atoms with van der Waals surface area (Å²) < 4.78 is 10.8. The van der Waals surface area contributed by atoms with Crippen molar-refractivity contribution in [2.24, 2.45) is 0 Å². The van der Waals surface area contributed by atoms with Crippen molar-refractivity contribution in [1.29, 1.82) is 0 Å². The molecule has 0 bridgehead atoms. The lowest BCUT2D eigenvalue weighted by molar-refractivity contribution is -0.129. The van der Waals surface area contributed by atoms with Crippen molar-refractivity contribution in [2.45, 2.75) is 57.7 Å². The molecule has 1 aromatic carbocycles. The Bertz CT molecular complexity index is 869. The van der Waals surface area contributed by atoms with E-state index in [1.807, 2.05) is 12.1 Å². The zero-order valence-electron chi connectivity index (χ0n) is 19.8. The molecule has 0 saturated carbocycles. The molecule has 33 heavy (non-hydrogen) atoms. The standard InChI is InChI=1S/C24H34N4O5/c1-4-26-9-5-7-18(26)14-25-22(29)8-6-10-27-23(30)19-11-16-12-20(32-2)21(33-3)13-17(16)15-28(19)24(27)31/h12-13,18-19H,4-11,14-15H2,1-3H3,(H,25,29)/t18-,19+/m0/s1. The molecule has 9 nitrogen and oxygen atoms in total. The Hall–Kier alpha value is -2.81. The Balaban J connectivity index is 1.30. The first-order valence-electron chi connectivity index (χ1n) is 11.8. The molecular formula is C24H34N4O5. The van der Waals surface area contributed by atoms with Crippen molar-refractivity contribution in [3.05, 3.63) is 23.3 Å². The topological polar surface area (TPSA) is 91.4 Å². The SMILES string of the molecule is CCN1CCC[C@H]1CNC(=O)CCCN1C(=O)[C@H]2Cc3cc(OC)c(OC)cc3CN2C1=O. The first-order valence-corrected chi connectivity index (χ1v) is 11.8. The van der Waals surface area contributed by atoms with Crippen LogP contribution in [0.1, 0.15) is 43.7 Å². The van der Waals surface area contributed by atoms with Gasteiger partial charge in [-0.1, -0.05) is 6.92 Å². The number of carbonyl (C=O) groups excluding carboxylic acids is 3. The van der Waals surface area contributed by atoms with Gasteiger partial charge >= 0.3 is 6.03 Å². The number of likely N-dealkylation sites (N-methyl/N-ethyl adjacent to an activating group) is 1. The van der Waals surface area contributed by atoms with Gasteiger partial charge in [0.1, 0.15) is 6.04 Å². The Morgan fingerprint density at radius 1 is 1.15 bits per heavy atom. The minimum Gasteiger partial charge on any atom is -0.493 e. The summed E-state index contributed by atoms with van der Waals surface area (Å²) in [5.74, 6) is 1.01. The van der Waals surface area contributed by atoms with Crippen molar-refractivity contribution >= 4 is 17.8 Å². The zero-order valence-corrected chi connectivity index (χ0v) is 19.8. The fourth-order valence-corrected chi connectivity index (χ4v) is 5.23. The van der Waals surface area contributed by atoms with E-state index in [4.69, 9.17) is 9.47 Å². The van der Waals surface area contributed by atoms with Gasteiger partial charge in [-0.15, -0.1) is 0 Å². The molecule has 1 N–H and O–H groups in total. The van der Waals surface area contributed by atoms with Gasteiger partial charge in [0, 0.05) is 38.5 Å². The average Bonchev–Trinajstić information content (AvgIpc) is 3.38. The van der Waals surface area contributed by atoms with Crippen LogP contribution in [0.2, 0.25) is 0 Å². The van der Waals surface area contributed by atoms with Gasteiger partial charge in [-0.25, -0.2) is 4.79 Å². The molecule has 2 saturated heterocycles. The highest BCUT2D eigenvalue weighted by Gasteiger charge is 2.47. The van der Waals surface area contributed by atoms with Crippen molar-refractivity contribution in [3.8, 4) is 11.5 Å². The lowest BCUT2D eigenvalue weighted by Gasteiger charge is -2.29. The van der Waals surface area contributed by atoms with Gasteiger partial charge in [-0.3, -0.25) is 19.4 Å². The second-order valence-corrected chi connectivity index (χ2v) is 8.93. The van der Waals surface area contributed by atoms with Gasteiger partial charge in [0.05, 0.1) is 14.2 Å². The fourth-order valence-electron chi connectivity index (χ4n) is 5.23. The third-order valence-electron chi connectivity index (χ3n) is 7.09. The summed E-state index contributed by atoms with van der Waals surface area (Å²) in [7, 11) is 3.15. The molecule has 2 atom stereocenters. The lowest BCUT2D eigenvalue weighted by atomic mass is 9.94. The number of fused-ring (bicyclic) bond motifs is 2. The minimum absolute atomic E-state index is 0.0265. The van der Waals surface area contributed by atoms with E-state index in [1.165, 1.54) is 11.3 Å². The van der Waals surface area contributed by atoms with Crippen LogP contribution in [0.3, 0.4) is 0 Å². The maximum Gasteiger partial charge on any atom is 0.327 e. The van der Waals surface area contributed by atoms with Crippen LogP contribution >= 0.6 is 0 Å². The smallest absolute Gasteiger partial charge is 0.327 e. The van der Waals surface area contributed by atoms with E-state index in [0.717, 1.165) is 30.6 Å². The second kappa shape index (κ2) is 9.99. The van der Waals surface area contributed by atoms with E-state index >= 15 is 0 Å². The Morgan fingerprint density at radius 2 is 1.88 bits per heavy atom. The molecule has 180 valence electrons. The predicted octanol–water partition coefficient (Wildman–Crippen LogP) is 1.77. The maximum atomic E-state index is 13.0. The summed E-state index contributed by atoms with van der Waals surface area (Å²) in [5, 5.41) is 3.02. The van der Waals surface area contributed by atoms with Crippen LogP contribution in [0.5, 0.6) is 11.5 Å². The number of methoxy groups -OCH3 is 2. The van der Waals surface area contributed by atoms with E-state index in [9.17, 15) is 14.4 Å². The third kappa shape index (κ3) is 4.64. The molecule has 9 heteroatoms. The Morgan fingerprint density at radius 3 is 2.58 bits per heavy atom. The molecular weight excluding hydrogens is 424 g/mol. The second-order valence-electron chi connectivity index (χ2n) is 8.93. The molecule has 0 aromatic heterocycles. The molecule has 0 spiro atoms. The van der Waals surface area contributed by atoms with Gasteiger partial charge in [-0.2, -0.15) is 0 Å². The number of urea groups is 1. The van der Waals surface area contributed by atoms with E-state index in [-0.39, 0.29) is 24.4 Å². The van der Waals surface area contributed by atoms with Crippen molar-refractivity contribution in [3.63, 3.8) is 0 Å². The summed E-state index contributed by atoms with van der Waals surface area (Å²) >= 11 is 0. The number of amides is 4. The average molecular weight is 459 g/mol. The minimum atomic E-state index is -0.501. The molecule has 3 heterocycles. The normalized spacial score (nSPS) is 22.4. The number of rotatable bonds is 9. The summed E-state index contributed by atoms with van der Waals surface area (Å²) in [6.07, 6.45) is 3.50. The fraction of sp³-hybridized carbons (Fsp3) is 0.625. The number of imide groups is 1. The van der Waals surface area contributed by atoms with Crippen LogP contribution in [0.4, 0.5) is 4.79 Å². The number of carbonyl (C=O) groups is 3. The highest BCUT2D eigenvalue weighted by Crippen LogP contribution is 2.37. The van der Waals surface area contributed by atoms with Crippen LogP contribution in [-0.2, 0) is 22.6 Å². The number of likely N-dealkylation sites (tertiary alicyclic amines) is 1. The van der Waals surface area contributed by atoms with Crippen molar-refractivity contribution < 1.29 is 23.9 Å². The van der Waals surface area contributed by atoms with Crippen LogP contribution in [-0.4, -0.2) is 85.0 Å².